The number of carboxylic acids is 1. The van der Waals surface area contributed by atoms with Gasteiger partial charge in [0.2, 0.25) is 0 Å². The highest BCUT2D eigenvalue weighted by Gasteiger charge is 2.34. The van der Waals surface area contributed by atoms with Gasteiger partial charge in [0.15, 0.2) is 0 Å². The number of hydrogen-bond acceptors (Lipinski definition) is 3. The Bertz CT molecular complexity index is 793. The quantitative estimate of drug-likeness (QED) is 0.541. The number of carbonyl (C=O) groups is 1. The molecule has 0 aliphatic carbocycles. The second-order valence-electron chi connectivity index (χ2n) is 8.14. The van der Waals surface area contributed by atoms with Gasteiger partial charge in [-0.3, -0.25) is 9.00 Å². The van der Waals surface area contributed by atoms with Gasteiger partial charge in [0, 0.05) is 27.7 Å². The van der Waals surface area contributed by atoms with E-state index in [9.17, 15) is 19.2 Å². The monoisotopic (exact) mass is 416 g/mol. The van der Waals surface area contributed by atoms with Gasteiger partial charge in [-0.15, -0.1) is 0 Å². The topological polar surface area (TPSA) is 74.6 Å². The van der Waals surface area contributed by atoms with E-state index >= 15 is 0 Å². The van der Waals surface area contributed by atoms with Crippen LogP contribution >= 0.6 is 0 Å². The second-order valence-corrected chi connectivity index (χ2v) is 9.84. The minimum absolute atomic E-state index is 0.0533. The maximum atomic E-state index is 12.4. The summed E-state index contributed by atoms with van der Waals surface area (Å²) < 4.78 is 12.4. The van der Waals surface area contributed by atoms with Crippen molar-refractivity contribution in [2.75, 3.05) is 18.1 Å². The molecule has 0 aliphatic rings. The highest BCUT2D eigenvalue weighted by atomic mass is 32.2. The maximum Gasteiger partial charge on any atom is 0.313 e. The van der Waals surface area contributed by atoms with Gasteiger partial charge in [-0.1, -0.05) is 67.6 Å². The third kappa shape index (κ3) is 6.25. The number of hydrogen-bond donors (Lipinski definition) is 2. The largest absolute Gasteiger partial charge is 0.481 e. The number of benzene rings is 2. The first-order chi connectivity index (χ1) is 13.8. The summed E-state index contributed by atoms with van der Waals surface area (Å²) in [6.45, 7) is 3.82. The van der Waals surface area contributed by atoms with Gasteiger partial charge in [0.25, 0.3) is 0 Å². The molecule has 0 saturated heterocycles. The third-order valence-electron chi connectivity index (χ3n) is 5.85. The van der Waals surface area contributed by atoms with Gasteiger partial charge in [-0.25, -0.2) is 0 Å². The van der Waals surface area contributed by atoms with Crippen LogP contribution in [0.2, 0.25) is 0 Å². The van der Waals surface area contributed by atoms with E-state index in [2.05, 4.69) is 0 Å². The van der Waals surface area contributed by atoms with E-state index in [4.69, 9.17) is 0 Å². The van der Waals surface area contributed by atoms with Crippen LogP contribution in [-0.4, -0.2) is 38.5 Å². The summed E-state index contributed by atoms with van der Waals surface area (Å²) in [6, 6.07) is 19.2. The van der Waals surface area contributed by atoms with Gasteiger partial charge < -0.3 is 10.2 Å². The van der Waals surface area contributed by atoms with E-state index in [1.807, 2.05) is 67.6 Å². The standard InChI is InChI=1S/C24H32O4S/c1-23(19-25,20-11-5-3-6-12-20)15-9-17-29(28)18-10-16-24(2,22(26)27)21-13-7-4-8-14-21/h3-8,11-14,25H,9-10,15-19H2,1-2H3,(H,26,27). The van der Waals surface area contributed by atoms with Crippen molar-refractivity contribution in [1.29, 1.82) is 0 Å². The van der Waals surface area contributed by atoms with Crippen LogP contribution in [0.25, 0.3) is 0 Å². The molecule has 4 nitrogen and oxygen atoms in total. The van der Waals surface area contributed by atoms with E-state index < -0.39 is 22.2 Å². The van der Waals surface area contributed by atoms with Crippen LogP contribution in [0.4, 0.5) is 0 Å². The summed E-state index contributed by atoms with van der Waals surface area (Å²) in [7, 11) is -0.992. The van der Waals surface area contributed by atoms with Crippen molar-refractivity contribution in [3.63, 3.8) is 0 Å². The molecule has 0 saturated carbocycles. The molecule has 5 heteroatoms. The van der Waals surface area contributed by atoms with E-state index in [1.165, 1.54) is 0 Å². The van der Waals surface area contributed by atoms with E-state index in [0.29, 0.717) is 24.3 Å². The molecule has 2 rings (SSSR count). The van der Waals surface area contributed by atoms with Crippen LogP contribution in [-0.2, 0) is 26.4 Å². The van der Waals surface area contributed by atoms with E-state index in [1.54, 1.807) is 6.92 Å². The number of carboxylic acid groups (broad SMARTS) is 1. The average Bonchev–Trinajstić information content (AvgIpc) is 2.74. The number of aliphatic carboxylic acids is 1. The van der Waals surface area contributed by atoms with Crippen LogP contribution in [0.3, 0.4) is 0 Å². The lowest BCUT2D eigenvalue weighted by Gasteiger charge is -2.28. The fourth-order valence-electron chi connectivity index (χ4n) is 3.65. The lowest BCUT2D eigenvalue weighted by molar-refractivity contribution is -0.143. The Hall–Kier alpha value is -1.98. The Morgan fingerprint density at radius 3 is 1.83 bits per heavy atom. The molecule has 0 radical (unpaired) electrons. The first-order valence-corrected chi connectivity index (χ1v) is 11.6. The van der Waals surface area contributed by atoms with Crippen molar-refractivity contribution in [3.8, 4) is 0 Å². The molecular formula is C24H32O4S. The Morgan fingerprint density at radius 1 is 0.862 bits per heavy atom. The minimum atomic E-state index is -0.992. The summed E-state index contributed by atoms with van der Waals surface area (Å²) >= 11 is 0. The van der Waals surface area contributed by atoms with Crippen molar-refractivity contribution in [2.45, 2.75) is 50.4 Å². The molecule has 2 aromatic carbocycles. The summed E-state index contributed by atoms with van der Waals surface area (Å²) in [5, 5.41) is 19.6. The van der Waals surface area contributed by atoms with Crippen LogP contribution in [0.15, 0.2) is 60.7 Å². The molecule has 0 heterocycles. The third-order valence-corrected chi connectivity index (χ3v) is 7.34. The molecule has 29 heavy (non-hydrogen) atoms. The minimum Gasteiger partial charge on any atom is -0.481 e. The molecule has 158 valence electrons. The van der Waals surface area contributed by atoms with Crippen LogP contribution in [0.5, 0.6) is 0 Å². The normalized spacial score (nSPS) is 16.5. The Labute approximate surface area is 176 Å². The molecule has 0 fully saturated rings. The number of rotatable bonds is 12. The first-order valence-electron chi connectivity index (χ1n) is 10.1. The fraction of sp³-hybridized carbons (Fsp3) is 0.458. The highest BCUT2D eigenvalue weighted by Crippen LogP contribution is 2.30. The molecule has 0 aliphatic heterocycles. The lowest BCUT2D eigenvalue weighted by atomic mass is 9.79. The SMILES string of the molecule is CC(CO)(CCCS(=O)CCCC(C)(C(=O)O)c1ccccc1)c1ccccc1. The zero-order chi connectivity index (χ0) is 21.3. The predicted molar refractivity (Wildman–Crippen MR) is 119 cm³/mol. The number of aliphatic hydroxyl groups excluding tert-OH is 1. The summed E-state index contributed by atoms with van der Waals surface area (Å²) in [5.74, 6) is 0.213. The summed E-state index contributed by atoms with van der Waals surface area (Å²) in [5.41, 5.74) is 0.572. The highest BCUT2D eigenvalue weighted by molar-refractivity contribution is 7.84. The van der Waals surface area contributed by atoms with Crippen molar-refractivity contribution in [2.24, 2.45) is 0 Å². The first kappa shape index (κ1) is 23.3. The molecule has 3 atom stereocenters. The molecule has 2 N–H and O–H groups in total. The smallest absolute Gasteiger partial charge is 0.313 e. The zero-order valence-electron chi connectivity index (χ0n) is 17.3. The van der Waals surface area contributed by atoms with E-state index in [0.717, 1.165) is 24.0 Å². The summed E-state index contributed by atoms with van der Waals surface area (Å²) in [4.78, 5) is 11.8. The maximum absolute atomic E-state index is 12.4. The van der Waals surface area contributed by atoms with Crippen molar-refractivity contribution < 1.29 is 19.2 Å². The van der Waals surface area contributed by atoms with Crippen molar-refractivity contribution in [3.05, 3.63) is 71.8 Å². The molecule has 0 bridgehead atoms. The van der Waals surface area contributed by atoms with Gasteiger partial charge in [0.1, 0.15) is 0 Å². The molecule has 3 unspecified atom stereocenters. The van der Waals surface area contributed by atoms with Crippen molar-refractivity contribution >= 4 is 16.8 Å². The second kappa shape index (κ2) is 10.7. The van der Waals surface area contributed by atoms with Gasteiger partial charge in [-0.05, 0) is 43.7 Å². The Morgan fingerprint density at radius 2 is 1.34 bits per heavy atom. The van der Waals surface area contributed by atoms with Crippen LogP contribution in [0, 0.1) is 0 Å². The Balaban J connectivity index is 1.83. The zero-order valence-corrected chi connectivity index (χ0v) is 18.2. The fourth-order valence-corrected chi connectivity index (χ4v) is 4.78. The van der Waals surface area contributed by atoms with Crippen LogP contribution < -0.4 is 0 Å². The van der Waals surface area contributed by atoms with Gasteiger partial charge >= 0.3 is 5.97 Å². The van der Waals surface area contributed by atoms with Crippen LogP contribution in [0.1, 0.15) is 50.7 Å². The Kier molecular flexibility index (Phi) is 8.60. The van der Waals surface area contributed by atoms with E-state index in [-0.39, 0.29) is 12.0 Å². The van der Waals surface area contributed by atoms with Gasteiger partial charge in [-0.2, -0.15) is 0 Å². The van der Waals surface area contributed by atoms with Crippen molar-refractivity contribution in [1.82, 2.24) is 0 Å². The number of aliphatic hydroxyl groups is 1. The molecule has 0 aromatic heterocycles. The lowest BCUT2D eigenvalue weighted by Crippen LogP contribution is -2.32. The molecule has 0 spiro atoms. The average molecular weight is 417 g/mol. The predicted octanol–water partition coefficient (Wildman–Crippen LogP) is 4.29. The molecular weight excluding hydrogens is 384 g/mol. The van der Waals surface area contributed by atoms with Gasteiger partial charge in [0.05, 0.1) is 12.0 Å². The molecule has 0 amide bonds. The molecule has 2 aromatic rings. The summed E-state index contributed by atoms with van der Waals surface area (Å²) in [6.07, 6.45) is 2.57.